The zero-order chi connectivity index (χ0) is 22.0. The molecule has 0 saturated carbocycles. The Kier molecular flexibility index (Phi) is 5.90. The second-order valence-electron chi connectivity index (χ2n) is 7.18. The van der Waals surface area contributed by atoms with Crippen LogP contribution < -0.4 is 14.8 Å². The maximum absolute atomic E-state index is 12.5. The van der Waals surface area contributed by atoms with Crippen LogP contribution in [0, 0.1) is 13.8 Å². The van der Waals surface area contributed by atoms with Crippen LogP contribution in [0.1, 0.15) is 26.5 Å². The molecule has 4 aromatic rings. The van der Waals surface area contributed by atoms with Crippen LogP contribution in [0.3, 0.4) is 0 Å². The number of hydrogen-bond acceptors (Lipinski definition) is 6. The average molecular weight is 437 g/mol. The second kappa shape index (κ2) is 8.77. The predicted octanol–water partition coefficient (Wildman–Crippen LogP) is 4.06. The highest BCUT2D eigenvalue weighted by Gasteiger charge is 2.15. The first-order valence-corrected chi connectivity index (χ1v) is 10.7. The van der Waals surface area contributed by atoms with Crippen LogP contribution in [0.5, 0.6) is 11.5 Å². The normalized spacial score (nSPS) is 11.0. The van der Waals surface area contributed by atoms with Gasteiger partial charge in [0, 0.05) is 29.0 Å². The van der Waals surface area contributed by atoms with Crippen molar-refractivity contribution in [2.45, 2.75) is 20.3 Å². The molecule has 0 atom stereocenters. The Morgan fingerprint density at radius 3 is 2.48 bits per heavy atom. The Hall–Kier alpha value is -3.39. The van der Waals surface area contributed by atoms with Crippen molar-refractivity contribution in [3.05, 3.63) is 64.2 Å². The maximum atomic E-state index is 12.5. The lowest BCUT2D eigenvalue weighted by atomic mass is 10.1. The van der Waals surface area contributed by atoms with Gasteiger partial charge in [0.05, 0.1) is 19.9 Å². The van der Waals surface area contributed by atoms with Gasteiger partial charge < -0.3 is 14.8 Å². The molecule has 0 aliphatic heterocycles. The summed E-state index contributed by atoms with van der Waals surface area (Å²) in [6.07, 6.45) is 0.709. The number of aryl methyl sites for hydroxylation is 2. The molecule has 0 bridgehead atoms. The molecular weight excluding hydrogens is 412 g/mol. The van der Waals surface area contributed by atoms with Crippen molar-refractivity contribution in [1.29, 1.82) is 0 Å². The third-order valence-electron chi connectivity index (χ3n) is 5.11. The van der Waals surface area contributed by atoms with E-state index in [0.29, 0.717) is 30.0 Å². The van der Waals surface area contributed by atoms with Crippen LogP contribution in [0.2, 0.25) is 0 Å². The predicted molar refractivity (Wildman–Crippen MR) is 121 cm³/mol. The molecule has 0 saturated heterocycles. The number of methoxy groups -OCH3 is 2. The molecule has 1 N–H and O–H groups in total. The number of thiazole rings is 1. The summed E-state index contributed by atoms with van der Waals surface area (Å²) in [7, 11) is 3.12. The summed E-state index contributed by atoms with van der Waals surface area (Å²) in [5, 5.41) is 7.63. The van der Waals surface area contributed by atoms with Crippen LogP contribution in [-0.4, -0.2) is 41.3 Å². The highest BCUT2D eigenvalue weighted by molar-refractivity contribution is 7.17. The summed E-state index contributed by atoms with van der Waals surface area (Å²) in [5.41, 5.74) is 3.79. The molecule has 7 nitrogen and oxygen atoms in total. The van der Waals surface area contributed by atoms with Crippen molar-refractivity contribution < 1.29 is 14.3 Å². The highest BCUT2D eigenvalue weighted by Crippen LogP contribution is 2.28. The van der Waals surface area contributed by atoms with Crippen molar-refractivity contribution in [3.63, 3.8) is 0 Å². The van der Waals surface area contributed by atoms with Crippen LogP contribution in [-0.2, 0) is 6.42 Å². The standard InChI is InChI=1S/C23H24N4O3S/c1-14-5-7-16(8-6-14)21-25-23-27(26-21)15(2)20(31-23)11-12-24-22(28)17-9-10-18(29-3)19(13-17)30-4/h5-10,13H,11-12H2,1-4H3,(H,24,28). The molecule has 31 heavy (non-hydrogen) atoms. The number of carbonyl (C=O) groups is 1. The van der Waals surface area contributed by atoms with Gasteiger partial charge in [-0.05, 0) is 32.0 Å². The number of amides is 1. The number of nitrogens with zero attached hydrogens (tertiary/aromatic N) is 3. The van der Waals surface area contributed by atoms with E-state index in [0.717, 1.165) is 26.9 Å². The van der Waals surface area contributed by atoms with Gasteiger partial charge in [-0.25, -0.2) is 4.52 Å². The number of benzene rings is 2. The van der Waals surface area contributed by atoms with Crippen molar-refractivity contribution >= 4 is 22.2 Å². The summed E-state index contributed by atoms with van der Waals surface area (Å²) in [5.74, 6) is 1.69. The van der Waals surface area contributed by atoms with Gasteiger partial charge in [0.15, 0.2) is 17.3 Å². The third-order valence-corrected chi connectivity index (χ3v) is 6.30. The second-order valence-corrected chi connectivity index (χ2v) is 8.24. The van der Waals surface area contributed by atoms with Crippen LogP contribution in [0.4, 0.5) is 0 Å². The van der Waals surface area contributed by atoms with Gasteiger partial charge in [0.25, 0.3) is 5.91 Å². The number of nitrogens with one attached hydrogen (secondary N) is 1. The summed E-state index contributed by atoms with van der Waals surface area (Å²) >= 11 is 1.60. The monoisotopic (exact) mass is 436 g/mol. The number of carbonyl (C=O) groups excluding carboxylic acids is 1. The minimum atomic E-state index is -0.153. The SMILES string of the molecule is COc1ccc(C(=O)NCCc2sc3nc(-c4ccc(C)cc4)nn3c2C)cc1OC. The fourth-order valence-corrected chi connectivity index (χ4v) is 4.37. The van der Waals surface area contributed by atoms with E-state index in [4.69, 9.17) is 9.47 Å². The van der Waals surface area contributed by atoms with E-state index >= 15 is 0 Å². The van der Waals surface area contributed by atoms with E-state index in [1.165, 1.54) is 5.56 Å². The average Bonchev–Trinajstić information content (AvgIpc) is 3.33. The molecule has 1 amide bonds. The molecule has 0 aliphatic rings. The molecule has 8 heteroatoms. The minimum Gasteiger partial charge on any atom is -0.493 e. The van der Waals surface area contributed by atoms with Crippen LogP contribution in [0.25, 0.3) is 16.3 Å². The molecule has 0 spiro atoms. The molecule has 2 aromatic carbocycles. The molecule has 0 fully saturated rings. The lowest BCUT2D eigenvalue weighted by Crippen LogP contribution is -2.25. The maximum Gasteiger partial charge on any atom is 0.251 e. The Morgan fingerprint density at radius 2 is 1.81 bits per heavy atom. The number of fused-ring (bicyclic) bond motifs is 1. The first kappa shape index (κ1) is 20.9. The first-order valence-electron chi connectivity index (χ1n) is 9.92. The van der Waals surface area contributed by atoms with Gasteiger partial charge in [-0.15, -0.1) is 5.10 Å². The molecular formula is C23H24N4O3S. The van der Waals surface area contributed by atoms with Gasteiger partial charge in [-0.2, -0.15) is 4.98 Å². The van der Waals surface area contributed by atoms with Gasteiger partial charge in [0.2, 0.25) is 4.96 Å². The highest BCUT2D eigenvalue weighted by atomic mass is 32.1. The molecule has 4 rings (SSSR count). The minimum absolute atomic E-state index is 0.153. The molecule has 2 heterocycles. The van der Waals surface area contributed by atoms with Crippen molar-refractivity contribution in [1.82, 2.24) is 19.9 Å². The van der Waals surface area contributed by atoms with E-state index in [1.54, 1.807) is 43.8 Å². The zero-order valence-electron chi connectivity index (χ0n) is 17.9. The third kappa shape index (κ3) is 4.25. The largest absolute Gasteiger partial charge is 0.493 e. The van der Waals surface area contributed by atoms with Crippen molar-refractivity contribution in [2.75, 3.05) is 20.8 Å². The molecule has 2 aromatic heterocycles. The van der Waals surface area contributed by atoms with E-state index in [2.05, 4.69) is 34.5 Å². The number of aromatic nitrogens is 3. The van der Waals surface area contributed by atoms with E-state index in [-0.39, 0.29) is 5.91 Å². The van der Waals surface area contributed by atoms with Gasteiger partial charge >= 0.3 is 0 Å². The first-order chi connectivity index (χ1) is 15.0. The lowest BCUT2D eigenvalue weighted by molar-refractivity contribution is 0.0953. The summed E-state index contributed by atoms with van der Waals surface area (Å²) in [6, 6.07) is 13.3. The summed E-state index contributed by atoms with van der Waals surface area (Å²) in [4.78, 5) is 19.2. The van der Waals surface area contributed by atoms with Crippen molar-refractivity contribution in [3.8, 4) is 22.9 Å². The fraction of sp³-hybridized carbons (Fsp3) is 0.261. The zero-order valence-corrected chi connectivity index (χ0v) is 18.7. The smallest absolute Gasteiger partial charge is 0.251 e. The quantitative estimate of drug-likeness (QED) is 0.473. The number of rotatable bonds is 7. The Labute approximate surface area is 184 Å². The number of hydrogen-bond donors (Lipinski definition) is 1. The van der Waals surface area contributed by atoms with Gasteiger partial charge in [0.1, 0.15) is 0 Å². The van der Waals surface area contributed by atoms with Crippen LogP contribution >= 0.6 is 11.3 Å². The Balaban J connectivity index is 1.42. The van der Waals surface area contributed by atoms with E-state index < -0.39 is 0 Å². The topological polar surface area (TPSA) is 77.8 Å². The van der Waals surface area contributed by atoms with E-state index in [1.807, 2.05) is 23.6 Å². The lowest BCUT2D eigenvalue weighted by Gasteiger charge is -2.10. The fourth-order valence-electron chi connectivity index (χ4n) is 3.31. The van der Waals surface area contributed by atoms with Gasteiger partial charge in [-0.1, -0.05) is 41.2 Å². The van der Waals surface area contributed by atoms with Gasteiger partial charge in [-0.3, -0.25) is 4.79 Å². The molecule has 0 radical (unpaired) electrons. The Bertz CT molecular complexity index is 1230. The molecule has 160 valence electrons. The Morgan fingerprint density at radius 1 is 1.06 bits per heavy atom. The summed E-state index contributed by atoms with van der Waals surface area (Å²) in [6.45, 7) is 4.61. The number of ether oxygens (including phenoxy) is 2. The van der Waals surface area contributed by atoms with E-state index in [9.17, 15) is 4.79 Å². The molecule has 0 unspecified atom stereocenters. The molecule has 0 aliphatic carbocycles. The summed E-state index contributed by atoms with van der Waals surface area (Å²) < 4.78 is 12.4. The van der Waals surface area contributed by atoms with Crippen molar-refractivity contribution in [2.24, 2.45) is 0 Å². The van der Waals surface area contributed by atoms with Crippen LogP contribution in [0.15, 0.2) is 42.5 Å².